The Hall–Kier alpha value is -4.28. The molecule has 0 amide bonds. The average Bonchev–Trinajstić information content (AvgIpc) is 2.81. The molecule has 0 aliphatic heterocycles. The van der Waals surface area contributed by atoms with Crippen LogP contribution in [-0.4, -0.2) is 9.97 Å². The van der Waals surface area contributed by atoms with Gasteiger partial charge in [0.1, 0.15) is 0 Å². The number of nitrogens with zero attached hydrogens (tertiary/aromatic N) is 4. The highest BCUT2D eigenvalue weighted by Crippen LogP contribution is 2.38. The van der Waals surface area contributed by atoms with Gasteiger partial charge in [-0.3, -0.25) is 9.97 Å². The monoisotopic (exact) mass is 386 g/mol. The van der Waals surface area contributed by atoms with E-state index in [0.717, 1.165) is 44.6 Å². The molecule has 0 bridgehead atoms. The molecule has 0 aliphatic carbocycles. The van der Waals surface area contributed by atoms with Crippen molar-refractivity contribution in [2.75, 3.05) is 0 Å². The average molecular weight is 386 g/mol. The lowest BCUT2D eigenvalue weighted by Crippen LogP contribution is -1.94. The molecule has 4 heteroatoms. The lowest BCUT2D eigenvalue weighted by Gasteiger charge is -2.15. The van der Waals surface area contributed by atoms with Gasteiger partial charge in [-0.25, -0.2) is 0 Å². The summed E-state index contributed by atoms with van der Waals surface area (Å²) in [5.41, 5.74) is 8.02. The molecule has 0 atom stereocenters. The van der Waals surface area contributed by atoms with E-state index in [0.29, 0.717) is 12.8 Å². The van der Waals surface area contributed by atoms with E-state index in [1.165, 1.54) is 0 Å². The van der Waals surface area contributed by atoms with Gasteiger partial charge in [-0.1, -0.05) is 48.5 Å². The molecule has 4 nitrogen and oxygen atoms in total. The zero-order valence-electron chi connectivity index (χ0n) is 16.3. The summed E-state index contributed by atoms with van der Waals surface area (Å²) in [6, 6.07) is 26.4. The molecule has 2 heterocycles. The Balaban J connectivity index is 1.90. The zero-order chi connectivity index (χ0) is 20.8. The maximum atomic E-state index is 8.97. The number of aromatic nitrogens is 2. The quantitative estimate of drug-likeness (QED) is 0.447. The molecule has 0 saturated carbocycles. The zero-order valence-corrected chi connectivity index (χ0v) is 16.3. The molecular weight excluding hydrogens is 368 g/mol. The second kappa shape index (κ2) is 8.82. The summed E-state index contributed by atoms with van der Waals surface area (Å²) in [7, 11) is 0. The molecule has 2 aromatic heterocycles. The van der Waals surface area contributed by atoms with E-state index in [2.05, 4.69) is 17.1 Å². The van der Waals surface area contributed by atoms with Crippen molar-refractivity contribution in [3.8, 4) is 45.6 Å². The van der Waals surface area contributed by atoms with Crippen LogP contribution < -0.4 is 0 Å². The second-order valence-electron chi connectivity index (χ2n) is 6.88. The first-order chi connectivity index (χ1) is 14.8. The van der Waals surface area contributed by atoms with Crippen LogP contribution in [0.1, 0.15) is 11.1 Å². The Kier molecular flexibility index (Phi) is 5.60. The lowest BCUT2D eigenvalue weighted by molar-refractivity contribution is 1.25. The predicted molar refractivity (Wildman–Crippen MR) is 117 cm³/mol. The van der Waals surface area contributed by atoms with E-state index in [-0.39, 0.29) is 0 Å². The number of hydrogen-bond donors (Lipinski definition) is 0. The fourth-order valence-electron chi connectivity index (χ4n) is 3.50. The summed E-state index contributed by atoms with van der Waals surface area (Å²) in [4.78, 5) is 8.85. The van der Waals surface area contributed by atoms with Crippen molar-refractivity contribution in [1.82, 2.24) is 9.97 Å². The van der Waals surface area contributed by atoms with Gasteiger partial charge in [-0.2, -0.15) is 10.5 Å². The van der Waals surface area contributed by atoms with Crippen LogP contribution in [0.5, 0.6) is 0 Å². The minimum absolute atomic E-state index is 0.387. The van der Waals surface area contributed by atoms with Crippen LogP contribution in [0.15, 0.2) is 85.3 Å². The Morgan fingerprint density at radius 2 is 1.17 bits per heavy atom. The molecule has 2 aromatic carbocycles. The molecule has 0 aliphatic rings. The van der Waals surface area contributed by atoms with Crippen molar-refractivity contribution in [3.63, 3.8) is 0 Å². The molecule has 142 valence electrons. The van der Waals surface area contributed by atoms with Gasteiger partial charge in [0.15, 0.2) is 0 Å². The first-order valence-electron chi connectivity index (χ1n) is 9.62. The second-order valence-corrected chi connectivity index (χ2v) is 6.88. The maximum absolute atomic E-state index is 8.97. The normalized spacial score (nSPS) is 10.2. The van der Waals surface area contributed by atoms with Crippen LogP contribution >= 0.6 is 0 Å². The van der Waals surface area contributed by atoms with Gasteiger partial charge in [0.05, 0.1) is 30.7 Å². The number of hydrogen-bond acceptors (Lipinski definition) is 4. The van der Waals surface area contributed by atoms with Gasteiger partial charge < -0.3 is 0 Å². The Labute approximate surface area is 175 Å². The molecule has 4 aromatic rings. The van der Waals surface area contributed by atoms with Crippen molar-refractivity contribution in [1.29, 1.82) is 10.5 Å². The largest absolute Gasteiger partial charge is 0.265 e. The first-order valence-corrected chi connectivity index (χ1v) is 9.62. The van der Waals surface area contributed by atoms with Crippen molar-refractivity contribution in [2.45, 2.75) is 12.8 Å². The topological polar surface area (TPSA) is 73.4 Å². The van der Waals surface area contributed by atoms with E-state index in [1.807, 2.05) is 72.9 Å². The molecule has 0 unspecified atom stereocenters. The van der Waals surface area contributed by atoms with Gasteiger partial charge in [-0.05, 0) is 46.0 Å². The molecule has 4 rings (SSSR count). The molecule has 0 saturated heterocycles. The number of pyridine rings is 2. The first kappa shape index (κ1) is 19.1. The van der Waals surface area contributed by atoms with Crippen LogP contribution in [0, 0.1) is 22.7 Å². The van der Waals surface area contributed by atoms with E-state index >= 15 is 0 Å². The van der Waals surface area contributed by atoms with E-state index in [9.17, 15) is 0 Å². The Morgan fingerprint density at radius 1 is 0.600 bits per heavy atom. The number of benzene rings is 2. The van der Waals surface area contributed by atoms with Crippen LogP contribution in [0.3, 0.4) is 0 Å². The fourth-order valence-corrected chi connectivity index (χ4v) is 3.50. The maximum Gasteiger partial charge on any atom is 0.0786 e. The van der Waals surface area contributed by atoms with Crippen LogP contribution in [-0.2, 0) is 12.8 Å². The van der Waals surface area contributed by atoms with Gasteiger partial charge >= 0.3 is 0 Å². The summed E-state index contributed by atoms with van der Waals surface area (Å²) in [6.07, 6.45) is 6.16. The molecule has 0 N–H and O–H groups in total. The van der Waals surface area contributed by atoms with E-state index in [1.54, 1.807) is 12.4 Å². The SMILES string of the molecule is N#CCc1ccc(-c2nccc(-c3ccncc3)c2-c2ccc(CC#N)cc2)cc1. The molecule has 30 heavy (non-hydrogen) atoms. The molecular formula is C26H18N4. The summed E-state index contributed by atoms with van der Waals surface area (Å²) in [5, 5.41) is 17.9. The minimum atomic E-state index is 0.387. The van der Waals surface area contributed by atoms with Gasteiger partial charge in [0.25, 0.3) is 0 Å². The lowest BCUT2D eigenvalue weighted by atomic mass is 9.91. The van der Waals surface area contributed by atoms with Crippen molar-refractivity contribution < 1.29 is 0 Å². The fraction of sp³-hybridized carbons (Fsp3) is 0.0769. The number of rotatable bonds is 5. The van der Waals surface area contributed by atoms with Gasteiger partial charge in [0.2, 0.25) is 0 Å². The third kappa shape index (κ3) is 3.94. The van der Waals surface area contributed by atoms with Crippen LogP contribution in [0.25, 0.3) is 33.5 Å². The number of nitriles is 2. The highest BCUT2D eigenvalue weighted by atomic mass is 14.7. The Bertz CT molecular complexity index is 1230. The van der Waals surface area contributed by atoms with Crippen molar-refractivity contribution in [3.05, 3.63) is 96.4 Å². The molecule has 0 fully saturated rings. The van der Waals surface area contributed by atoms with Crippen molar-refractivity contribution >= 4 is 0 Å². The van der Waals surface area contributed by atoms with Crippen LogP contribution in [0.4, 0.5) is 0 Å². The third-order valence-corrected chi connectivity index (χ3v) is 4.98. The summed E-state index contributed by atoms with van der Waals surface area (Å²) < 4.78 is 0. The van der Waals surface area contributed by atoms with Crippen molar-refractivity contribution in [2.24, 2.45) is 0 Å². The highest BCUT2D eigenvalue weighted by Gasteiger charge is 2.15. The summed E-state index contributed by atoms with van der Waals surface area (Å²) in [5.74, 6) is 0. The highest BCUT2D eigenvalue weighted by molar-refractivity contribution is 5.92. The third-order valence-electron chi connectivity index (χ3n) is 4.98. The van der Waals surface area contributed by atoms with Gasteiger partial charge in [0, 0.05) is 29.7 Å². The minimum Gasteiger partial charge on any atom is -0.265 e. The predicted octanol–water partition coefficient (Wildman–Crippen LogP) is 5.61. The molecule has 0 radical (unpaired) electrons. The summed E-state index contributed by atoms with van der Waals surface area (Å²) in [6.45, 7) is 0. The summed E-state index contributed by atoms with van der Waals surface area (Å²) >= 11 is 0. The Morgan fingerprint density at radius 3 is 1.73 bits per heavy atom. The molecule has 0 spiro atoms. The van der Waals surface area contributed by atoms with Gasteiger partial charge in [-0.15, -0.1) is 0 Å². The van der Waals surface area contributed by atoms with Crippen LogP contribution in [0.2, 0.25) is 0 Å². The smallest absolute Gasteiger partial charge is 0.0786 e. The van der Waals surface area contributed by atoms with E-state index in [4.69, 9.17) is 15.5 Å². The van der Waals surface area contributed by atoms with E-state index < -0.39 is 0 Å². The standard InChI is InChI=1S/C26H18N4/c27-14-9-19-1-5-22(6-2-19)25-24(21-11-16-29-17-12-21)13-18-30-26(25)23-7-3-20(4-8-23)10-15-28/h1-8,11-13,16-18H,9-10H2.